The lowest BCUT2D eigenvalue weighted by Gasteiger charge is -2.27. The molecule has 1 unspecified atom stereocenters. The third-order valence-corrected chi connectivity index (χ3v) is 4.31. The number of carbonyl (C=O) groups is 1. The van der Waals surface area contributed by atoms with Crippen LogP contribution in [0.4, 0.5) is 5.69 Å². The van der Waals surface area contributed by atoms with Crippen LogP contribution >= 0.6 is 0 Å². The Morgan fingerprint density at radius 1 is 1.17 bits per heavy atom. The van der Waals surface area contributed by atoms with Gasteiger partial charge in [0.15, 0.2) is 5.78 Å². The van der Waals surface area contributed by atoms with Crippen LogP contribution in [0.25, 0.3) is 0 Å². The SMILES string of the molecule is CC(=O)C1C=CC=CN1CC=Nc1c(C(C)C)cccc1C(C)C. The number of rotatable bonds is 6. The van der Waals surface area contributed by atoms with Crippen molar-refractivity contribution in [2.24, 2.45) is 4.99 Å². The molecule has 1 aliphatic heterocycles. The first-order chi connectivity index (χ1) is 11.4. The number of nitrogens with zero attached hydrogens (tertiary/aromatic N) is 2. The Hall–Kier alpha value is -2.16. The first-order valence-electron chi connectivity index (χ1n) is 8.68. The maximum absolute atomic E-state index is 11.8. The smallest absolute Gasteiger partial charge is 0.156 e. The van der Waals surface area contributed by atoms with Gasteiger partial charge in [-0.25, -0.2) is 0 Å². The Labute approximate surface area is 145 Å². The molecule has 128 valence electrons. The molecular formula is C21H28N2O. The fourth-order valence-corrected chi connectivity index (χ4v) is 2.96. The summed E-state index contributed by atoms with van der Waals surface area (Å²) in [5, 5.41) is 0. The van der Waals surface area contributed by atoms with Gasteiger partial charge in [-0.15, -0.1) is 0 Å². The van der Waals surface area contributed by atoms with Gasteiger partial charge in [-0.1, -0.05) is 58.0 Å². The number of benzene rings is 1. The zero-order valence-corrected chi connectivity index (χ0v) is 15.4. The van der Waals surface area contributed by atoms with Gasteiger partial charge >= 0.3 is 0 Å². The molecule has 1 atom stereocenters. The second-order valence-electron chi connectivity index (χ2n) is 6.88. The van der Waals surface area contributed by atoms with Gasteiger partial charge in [0.2, 0.25) is 0 Å². The monoisotopic (exact) mass is 324 g/mol. The standard InChI is InChI=1S/C21H28N2O/c1-15(2)18-9-8-10-19(16(3)4)21(18)22-12-14-23-13-7-6-11-20(23)17(5)24/h6-13,15-16,20H,14H2,1-5H3. The Bertz CT molecular complexity index is 642. The first kappa shape index (κ1) is 18.2. The molecule has 0 amide bonds. The van der Waals surface area contributed by atoms with Gasteiger partial charge < -0.3 is 4.90 Å². The molecule has 0 saturated heterocycles. The van der Waals surface area contributed by atoms with E-state index in [0.29, 0.717) is 18.4 Å². The van der Waals surface area contributed by atoms with E-state index in [4.69, 9.17) is 4.99 Å². The van der Waals surface area contributed by atoms with Crippen molar-refractivity contribution in [3.63, 3.8) is 0 Å². The van der Waals surface area contributed by atoms with Crippen LogP contribution in [0, 0.1) is 0 Å². The second kappa shape index (κ2) is 8.09. The van der Waals surface area contributed by atoms with E-state index in [0.717, 1.165) is 5.69 Å². The molecule has 1 aliphatic rings. The molecule has 3 heteroatoms. The molecular weight excluding hydrogens is 296 g/mol. The molecule has 1 aromatic carbocycles. The van der Waals surface area contributed by atoms with Crippen LogP contribution in [-0.4, -0.2) is 29.5 Å². The molecule has 0 fully saturated rings. The summed E-state index contributed by atoms with van der Waals surface area (Å²) in [6.45, 7) is 11.0. The zero-order chi connectivity index (χ0) is 17.7. The predicted octanol–water partition coefficient (Wildman–Crippen LogP) is 4.98. The number of carbonyl (C=O) groups excluding carboxylic acids is 1. The van der Waals surface area contributed by atoms with Crippen molar-refractivity contribution < 1.29 is 4.79 Å². The number of allylic oxidation sites excluding steroid dienone is 2. The van der Waals surface area contributed by atoms with Gasteiger partial charge in [-0.05, 0) is 36.0 Å². The van der Waals surface area contributed by atoms with Crippen molar-refractivity contribution in [3.05, 3.63) is 53.8 Å². The van der Waals surface area contributed by atoms with Crippen LogP contribution in [0.2, 0.25) is 0 Å². The Morgan fingerprint density at radius 2 is 1.79 bits per heavy atom. The molecule has 0 saturated carbocycles. The van der Waals surface area contributed by atoms with Crippen molar-refractivity contribution in [2.75, 3.05) is 6.54 Å². The van der Waals surface area contributed by atoms with Crippen LogP contribution < -0.4 is 0 Å². The van der Waals surface area contributed by atoms with Crippen LogP contribution in [0.5, 0.6) is 0 Å². The van der Waals surface area contributed by atoms with Gasteiger partial charge in [0.1, 0.15) is 6.04 Å². The van der Waals surface area contributed by atoms with Gasteiger partial charge in [0, 0.05) is 12.4 Å². The highest BCUT2D eigenvalue weighted by Crippen LogP contribution is 2.34. The van der Waals surface area contributed by atoms with E-state index in [-0.39, 0.29) is 11.8 Å². The molecule has 0 N–H and O–H groups in total. The van der Waals surface area contributed by atoms with Crippen LogP contribution in [-0.2, 0) is 4.79 Å². The number of Topliss-reactive ketones (excluding diaryl/α,β-unsaturated/α-hetero) is 1. The molecule has 0 aromatic heterocycles. The lowest BCUT2D eigenvalue weighted by Crippen LogP contribution is -2.37. The first-order valence-corrected chi connectivity index (χ1v) is 8.68. The average Bonchev–Trinajstić information content (AvgIpc) is 2.54. The van der Waals surface area contributed by atoms with Gasteiger partial charge in [0.25, 0.3) is 0 Å². The zero-order valence-electron chi connectivity index (χ0n) is 15.4. The van der Waals surface area contributed by atoms with Crippen molar-refractivity contribution in [1.82, 2.24) is 4.90 Å². The van der Waals surface area contributed by atoms with E-state index in [1.54, 1.807) is 6.92 Å². The summed E-state index contributed by atoms with van der Waals surface area (Å²) in [4.78, 5) is 18.6. The molecule has 2 rings (SSSR count). The lowest BCUT2D eigenvalue weighted by atomic mass is 9.93. The van der Waals surface area contributed by atoms with E-state index in [1.165, 1.54) is 11.1 Å². The highest BCUT2D eigenvalue weighted by Gasteiger charge is 2.18. The molecule has 24 heavy (non-hydrogen) atoms. The molecule has 0 radical (unpaired) electrons. The van der Waals surface area contributed by atoms with Crippen LogP contribution in [0.15, 0.2) is 47.6 Å². The van der Waals surface area contributed by atoms with E-state index in [1.807, 2.05) is 35.5 Å². The van der Waals surface area contributed by atoms with E-state index in [2.05, 4.69) is 45.9 Å². The Kier molecular flexibility index (Phi) is 6.13. The maximum atomic E-state index is 11.8. The lowest BCUT2D eigenvalue weighted by molar-refractivity contribution is -0.119. The Morgan fingerprint density at radius 3 is 2.33 bits per heavy atom. The molecule has 1 aromatic rings. The number of hydrogen-bond donors (Lipinski definition) is 0. The van der Waals surface area contributed by atoms with E-state index in [9.17, 15) is 4.79 Å². The van der Waals surface area contributed by atoms with Crippen LogP contribution in [0.3, 0.4) is 0 Å². The summed E-state index contributed by atoms with van der Waals surface area (Å²) in [7, 11) is 0. The third kappa shape index (κ3) is 4.22. The maximum Gasteiger partial charge on any atom is 0.156 e. The third-order valence-electron chi connectivity index (χ3n) is 4.31. The highest BCUT2D eigenvalue weighted by atomic mass is 16.1. The quantitative estimate of drug-likeness (QED) is 0.691. The summed E-state index contributed by atoms with van der Waals surface area (Å²) in [6.07, 6.45) is 9.68. The van der Waals surface area contributed by atoms with E-state index >= 15 is 0 Å². The molecule has 0 bridgehead atoms. The fraction of sp³-hybridized carbons (Fsp3) is 0.429. The van der Waals surface area contributed by atoms with Crippen molar-refractivity contribution in [2.45, 2.75) is 52.5 Å². The van der Waals surface area contributed by atoms with Crippen molar-refractivity contribution in [1.29, 1.82) is 0 Å². The van der Waals surface area contributed by atoms with Crippen molar-refractivity contribution >= 4 is 17.7 Å². The predicted molar refractivity (Wildman–Crippen MR) is 102 cm³/mol. The minimum absolute atomic E-state index is 0.148. The minimum Gasteiger partial charge on any atom is -0.359 e. The van der Waals surface area contributed by atoms with Gasteiger partial charge in [0.05, 0.1) is 12.2 Å². The number of aliphatic imine (C=N–C) groups is 1. The number of ketones is 1. The summed E-state index contributed by atoms with van der Waals surface area (Å²) >= 11 is 0. The highest BCUT2D eigenvalue weighted by molar-refractivity contribution is 5.84. The second-order valence-corrected chi connectivity index (χ2v) is 6.88. The summed E-state index contributed by atoms with van der Waals surface area (Å²) in [5.74, 6) is 1.01. The van der Waals surface area contributed by atoms with Crippen LogP contribution in [0.1, 0.15) is 57.6 Å². The fourth-order valence-electron chi connectivity index (χ4n) is 2.96. The number of para-hydroxylation sites is 1. The number of hydrogen-bond acceptors (Lipinski definition) is 3. The summed E-state index contributed by atoms with van der Waals surface area (Å²) in [6, 6.07) is 6.25. The average molecular weight is 324 g/mol. The normalized spacial score (nSPS) is 17.5. The van der Waals surface area contributed by atoms with E-state index < -0.39 is 0 Å². The minimum atomic E-state index is -0.189. The molecule has 1 heterocycles. The largest absolute Gasteiger partial charge is 0.359 e. The summed E-state index contributed by atoms with van der Waals surface area (Å²) in [5.41, 5.74) is 3.63. The topological polar surface area (TPSA) is 32.7 Å². The Balaban J connectivity index is 2.24. The van der Waals surface area contributed by atoms with Gasteiger partial charge in [-0.2, -0.15) is 0 Å². The van der Waals surface area contributed by atoms with Crippen molar-refractivity contribution in [3.8, 4) is 0 Å². The molecule has 0 aliphatic carbocycles. The van der Waals surface area contributed by atoms with Gasteiger partial charge in [-0.3, -0.25) is 9.79 Å². The summed E-state index contributed by atoms with van der Waals surface area (Å²) < 4.78 is 0. The molecule has 3 nitrogen and oxygen atoms in total. The molecule has 0 spiro atoms.